The molecule has 0 bridgehead atoms. The summed E-state index contributed by atoms with van der Waals surface area (Å²) in [5.41, 5.74) is -0.445. The largest absolute Gasteiger partial charge is 0.444 e. The van der Waals surface area contributed by atoms with E-state index in [1.807, 2.05) is 0 Å². The van der Waals surface area contributed by atoms with Crippen molar-refractivity contribution in [1.29, 1.82) is 0 Å². The molecule has 0 radical (unpaired) electrons. The van der Waals surface area contributed by atoms with Crippen LogP contribution in [0.1, 0.15) is 20.8 Å². The molecule has 1 heterocycles. The van der Waals surface area contributed by atoms with Gasteiger partial charge in [0, 0.05) is 13.1 Å². The first-order valence-electron chi connectivity index (χ1n) is 6.90. The molecule has 1 aliphatic heterocycles. The van der Waals surface area contributed by atoms with Gasteiger partial charge in [-0.25, -0.2) is 9.18 Å². The van der Waals surface area contributed by atoms with Crippen molar-refractivity contribution in [2.24, 2.45) is 5.92 Å². The molecular formula is C15H18BrFN2O3. The molecular weight excluding hydrogens is 355 g/mol. The Kier molecular flexibility index (Phi) is 4.75. The molecule has 22 heavy (non-hydrogen) atoms. The maximum atomic E-state index is 13.8. The third kappa shape index (κ3) is 3.97. The fourth-order valence-corrected chi connectivity index (χ4v) is 2.32. The number of rotatable bonds is 2. The summed E-state index contributed by atoms with van der Waals surface area (Å²) in [5.74, 6) is -1.18. The van der Waals surface area contributed by atoms with E-state index in [2.05, 4.69) is 21.2 Å². The molecule has 2 rings (SSSR count). The quantitative estimate of drug-likeness (QED) is 0.865. The number of ether oxygens (including phenoxy) is 1. The summed E-state index contributed by atoms with van der Waals surface area (Å²) in [7, 11) is 0. The van der Waals surface area contributed by atoms with Gasteiger partial charge in [0.25, 0.3) is 0 Å². The van der Waals surface area contributed by atoms with Crippen LogP contribution in [0, 0.1) is 11.7 Å². The monoisotopic (exact) mass is 372 g/mol. The summed E-state index contributed by atoms with van der Waals surface area (Å²) in [6.45, 7) is 5.90. The predicted octanol–water partition coefficient (Wildman–Crippen LogP) is 3.39. The number of likely N-dealkylation sites (tertiary alicyclic amines) is 1. The van der Waals surface area contributed by atoms with Gasteiger partial charge in [-0.1, -0.05) is 6.07 Å². The van der Waals surface area contributed by atoms with Crippen LogP contribution in [-0.2, 0) is 9.53 Å². The van der Waals surface area contributed by atoms with Crippen molar-refractivity contribution in [1.82, 2.24) is 4.90 Å². The molecule has 0 aromatic heterocycles. The van der Waals surface area contributed by atoms with E-state index in [0.717, 1.165) is 0 Å². The van der Waals surface area contributed by atoms with E-state index in [9.17, 15) is 14.0 Å². The number of amides is 2. The number of halogens is 2. The highest BCUT2D eigenvalue weighted by Crippen LogP contribution is 2.25. The van der Waals surface area contributed by atoms with E-state index in [-0.39, 0.29) is 35.1 Å². The minimum absolute atomic E-state index is 0.120. The lowest BCUT2D eigenvalue weighted by molar-refractivity contribution is -0.124. The van der Waals surface area contributed by atoms with Gasteiger partial charge in [-0.2, -0.15) is 0 Å². The Morgan fingerprint density at radius 2 is 2.00 bits per heavy atom. The van der Waals surface area contributed by atoms with Crippen LogP contribution in [0.25, 0.3) is 0 Å². The molecule has 0 saturated carbocycles. The Hall–Kier alpha value is -1.63. The van der Waals surface area contributed by atoms with Gasteiger partial charge in [0.15, 0.2) is 5.82 Å². The van der Waals surface area contributed by atoms with Crippen LogP contribution >= 0.6 is 15.9 Å². The molecule has 5 nitrogen and oxygen atoms in total. The molecule has 7 heteroatoms. The highest BCUT2D eigenvalue weighted by molar-refractivity contribution is 9.10. The second kappa shape index (κ2) is 6.24. The number of hydrogen-bond acceptors (Lipinski definition) is 3. The van der Waals surface area contributed by atoms with Gasteiger partial charge in [0.1, 0.15) is 5.60 Å². The fraction of sp³-hybridized carbons (Fsp3) is 0.467. The van der Waals surface area contributed by atoms with Gasteiger partial charge >= 0.3 is 6.09 Å². The summed E-state index contributed by atoms with van der Waals surface area (Å²) in [6, 6.07) is 4.68. The first-order chi connectivity index (χ1) is 10.2. The fourth-order valence-electron chi connectivity index (χ4n) is 1.96. The SMILES string of the molecule is CC(C)(C)OC(=O)N1CC(C(=O)Nc2cccc(Br)c2F)C1. The molecule has 0 spiro atoms. The second-order valence-corrected chi connectivity index (χ2v) is 7.03. The smallest absolute Gasteiger partial charge is 0.410 e. The Morgan fingerprint density at radius 1 is 1.36 bits per heavy atom. The van der Waals surface area contributed by atoms with Crippen molar-refractivity contribution in [3.05, 3.63) is 28.5 Å². The van der Waals surface area contributed by atoms with Crippen molar-refractivity contribution in [2.45, 2.75) is 26.4 Å². The third-order valence-corrected chi connectivity index (χ3v) is 3.73. The Bertz CT molecular complexity index is 595. The van der Waals surface area contributed by atoms with Gasteiger partial charge in [0.2, 0.25) is 5.91 Å². The van der Waals surface area contributed by atoms with Gasteiger partial charge in [0.05, 0.1) is 16.1 Å². The molecule has 1 aliphatic rings. The second-order valence-electron chi connectivity index (χ2n) is 6.17. The van der Waals surface area contributed by atoms with Crippen molar-refractivity contribution in [2.75, 3.05) is 18.4 Å². The molecule has 1 aromatic rings. The zero-order valence-electron chi connectivity index (χ0n) is 12.7. The summed E-state index contributed by atoms with van der Waals surface area (Å²) < 4.78 is 19.3. The average Bonchev–Trinajstić information content (AvgIpc) is 2.30. The van der Waals surface area contributed by atoms with E-state index < -0.39 is 17.5 Å². The lowest BCUT2D eigenvalue weighted by atomic mass is 10.00. The first-order valence-corrected chi connectivity index (χ1v) is 7.69. The van der Waals surface area contributed by atoms with E-state index in [4.69, 9.17) is 4.74 Å². The van der Waals surface area contributed by atoms with Crippen LogP contribution in [-0.4, -0.2) is 35.6 Å². The number of carbonyl (C=O) groups is 2. The zero-order chi connectivity index (χ0) is 16.5. The molecule has 1 aromatic carbocycles. The van der Waals surface area contributed by atoms with Crippen LogP contribution in [0.15, 0.2) is 22.7 Å². The van der Waals surface area contributed by atoms with Crippen LogP contribution in [0.3, 0.4) is 0 Å². The van der Waals surface area contributed by atoms with E-state index in [1.54, 1.807) is 32.9 Å². The van der Waals surface area contributed by atoms with Gasteiger partial charge in [-0.3, -0.25) is 4.79 Å². The van der Waals surface area contributed by atoms with Gasteiger partial charge < -0.3 is 15.0 Å². The van der Waals surface area contributed by atoms with Gasteiger partial charge in [-0.15, -0.1) is 0 Å². The van der Waals surface area contributed by atoms with Crippen molar-refractivity contribution in [3.8, 4) is 0 Å². The first kappa shape index (κ1) is 16.7. The summed E-state index contributed by atoms with van der Waals surface area (Å²) in [5, 5.41) is 2.54. The summed E-state index contributed by atoms with van der Waals surface area (Å²) in [6.07, 6.45) is -0.440. The highest BCUT2D eigenvalue weighted by Gasteiger charge is 2.38. The lowest BCUT2D eigenvalue weighted by Gasteiger charge is -2.38. The molecule has 0 unspecified atom stereocenters. The third-order valence-electron chi connectivity index (χ3n) is 3.11. The van der Waals surface area contributed by atoms with Crippen molar-refractivity contribution >= 4 is 33.6 Å². The number of nitrogens with zero attached hydrogens (tertiary/aromatic N) is 1. The standard InChI is InChI=1S/C15H18BrFN2O3/c1-15(2,3)22-14(21)19-7-9(8-19)13(20)18-11-6-4-5-10(16)12(11)17/h4-6,9H,7-8H2,1-3H3,(H,18,20). The van der Waals surface area contributed by atoms with E-state index in [1.165, 1.54) is 11.0 Å². The summed E-state index contributed by atoms with van der Waals surface area (Å²) >= 11 is 3.06. The normalized spacial score (nSPS) is 15.2. The number of carbonyl (C=O) groups excluding carboxylic acids is 2. The van der Waals surface area contributed by atoms with Crippen LogP contribution in [0.4, 0.5) is 14.9 Å². The topological polar surface area (TPSA) is 58.6 Å². The maximum absolute atomic E-state index is 13.8. The molecule has 1 fully saturated rings. The Balaban J connectivity index is 1.87. The minimum atomic E-state index is -0.566. The van der Waals surface area contributed by atoms with Crippen LogP contribution < -0.4 is 5.32 Å². The number of hydrogen-bond donors (Lipinski definition) is 1. The minimum Gasteiger partial charge on any atom is -0.444 e. The number of anilines is 1. The molecule has 1 saturated heterocycles. The predicted molar refractivity (Wildman–Crippen MR) is 84.0 cm³/mol. The summed E-state index contributed by atoms with van der Waals surface area (Å²) in [4.78, 5) is 25.3. The Morgan fingerprint density at radius 3 is 2.59 bits per heavy atom. The zero-order valence-corrected chi connectivity index (χ0v) is 14.2. The van der Waals surface area contributed by atoms with Crippen molar-refractivity contribution < 1.29 is 18.7 Å². The molecule has 1 N–H and O–H groups in total. The molecule has 0 aliphatic carbocycles. The maximum Gasteiger partial charge on any atom is 0.410 e. The number of nitrogens with one attached hydrogen (secondary N) is 1. The Labute approximate surface area is 136 Å². The van der Waals surface area contributed by atoms with E-state index >= 15 is 0 Å². The van der Waals surface area contributed by atoms with Crippen LogP contribution in [0.5, 0.6) is 0 Å². The van der Waals surface area contributed by atoms with Crippen LogP contribution in [0.2, 0.25) is 0 Å². The highest BCUT2D eigenvalue weighted by atomic mass is 79.9. The average molecular weight is 373 g/mol. The van der Waals surface area contributed by atoms with E-state index in [0.29, 0.717) is 0 Å². The number of benzene rings is 1. The molecule has 2 amide bonds. The molecule has 0 atom stereocenters. The van der Waals surface area contributed by atoms with Crippen molar-refractivity contribution in [3.63, 3.8) is 0 Å². The molecule has 120 valence electrons. The lowest BCUT2D eigenvalue weighted by Crippen LogP contribution is -2.55. The van der Waals surface area contributed by atoms with Gasteiger partial charge in [-0.05, 0) is 48.8 Å².